The first-order chi connectivity index (χ1) is 7.13. The predicted molar refractivity (Wildman–Crippen MR) is 60.1 cm³/mol. The summed E-state index contributed by atoms with van der Waals surface area (Å²) in [4.78, 5) is 11.0. The number of halogens is 3. The van der Waals surface area contributed by atoms with E-state index < -0.39 is 12.8 Å². The lowest BCUT2D eigenvalue weighted by atomic mass is 10.3. The molecule has 82 valence electrons. The largest absolute Gasteiger partial charge is 0.447 e. The van der Waals surface area contributed by atoms with Crippen LogP contribution in [0.15, 0.2) is 22.7 Å². The summed E-state index contributed by atoms with van der Waals surface area (Å²) in [5, 5.41) is 2.77. The lowest BCUT2D eigenvalue weighted by molar-refractivity contribution is 0.152. The minimum Gasteiger partial charge on any atom is -0.447 e. The third kappa shape index (κ3) is 4.05. The zero-order chi connectivity index (χ0) is 11.3. The van der Waals surface area contributed by atoms with Crippen LogP contribution < -0.4 is 5.32 Å². The number of hydrogen-bond acceptors (Lipinski definition) is 2. The van der Waals surface area contributed by atoms with Gasteiger partial charge < -0.3 is 4.74 Å². The Morgan fingerprint density at radius 2 is 2.33 bits per heavy atom. The van der Waals surface area contributed by atoms with Crippen LogP contribution in [0.2, 0.25) is 5.02 Å². The fraction of sp³-hybridized carbons (Fsp3) is 0.222. The van der Waals surface area contributed by atoms with Crippen molar-refractivity contribution in [3.63, 3.8) is 0 Å². The monoisotopic (exact) mass is 295 g/mol. The van der Waals surface area contributed by atoms with E-state index in [4.69, 9.17) is 11.6 Å². The van der Waals surface area contributed by atoms with Crippen molar-refractivity contribution in [3.05, 3.63) is 27.7 Å². The second-order valence-corrected chi connectivity index (χ2v) is 3.90. The summed E-state index contributed by atoms with van der Waals surface area (Å²) in [7, 11) is 0. The van der Waals surface area contributed by atoms with Crippen LogP contribution in [0.1, 0.15) is 0 Å². The SMILES string of the molecule is O=C(Nc1ccc(Br)cc1Cl)OCCF. The predicted octanol–water partition coefficient (Wildman–Crippen LogP) is 3.62. The van der Waals surface area contributed by atoms with Gasteiger partial charge >= 0.3 is 6.09 Å². The fourth-order valence-electron chi connectivity index (χ4n) is 0.868. The normalized spacial score (nSPS) is 9.80. The molecule has 0 spiro atoms. The highest BCUT2D eigenvalue weighted by Crippen LogP contribution is 2.25. The molecule has 0 bridgehead atoms. The Bertz CT molecular complexity index is 362. The van der Waals surface area contributed by atoms with Gasteiger partial charge in [-0.05, 0) is 18.2 Å². The molecular weight excluding hydrogens is 288 g/mol. The van der Waals surface area contributed by atoms with E-state index in [2.05, 4.69) is 26.0 Å². The molecule has 0 radical (unpaired) electrons. The van der Waals surface area contributed by atoms with E-state index in [1.807, 2.05) is 0 Å². The molecular formula is C9H8BrClFNO2. The number of alkyl halides is 1. The van der Waals surface area contributed by atoms with E-state index in [1.165, 1.54) is 0 Å². The Labute approximate surface area is 99.7 Å². The zero-order valence-corrected chi connectivity index (χ0v) is 9.94. The molecule has 15 heavy (non-hydrogen) atoms. The number of amides is 1. The van der Waals surface area contributed by atoms with Crippen molar-refractivity contribution in [2.75, 3.05) is 18.6 Å². The molecule has 1 aromatic rings. The highest BCUT2D eigenvalue weighted by molar-refractivity contribution is 9.10. The number of hydrogen-bond donors (Lipinski definition) is 1. The summed E-state index contributed by atoms with van der Waals surface area (Å²) in [6.07, 6.45) is -0.725. The van der Waals surface area contributed by atoms with Crippen molar-refractivity contribution < 1.29 is 13.9 Å². The molecule has 3 nitrogen and oxygen atoms in total. The van der Waals surface area contributed by atoms with Gasteiger partial charge in [0.05, 0.1) is 10.7 Å². The molecule has 1 amide bonds. The molecule has 1 aromatic carbocycles. The third-order valence-corrected chi connectivity index (χ3v) is 2.28. The van der Waals surface area contributed by atoms with Gasteiger partial charge in [0.1, 0.15) is 13.3 Å². The first-order valence-corrected chi connectivity index (χ1v) is 5.25. The molecule has 0 aliphatic rings. The summed E-state index contributed by atoms with van der Waals surface area (Å²) in [5.74, 6) is 0. The standard InChI is InChI=1S/C9H8BrClFNO2/c10-6-1-2-8(7(11)5-6)13-9(14)15-4-3-12/h1-2,5H,3-4H2,(H,13,14). The van der Waals surface area contributed by atoms with Crippen molar-refractivity contribution in [3.8, 4) is 0 Å². The quantitative estimate of drug-likeness (QED) is 0.925. The Kier molecular flexibility index (Phi) is 4.84. The Hall–Kier alpha value is -0.810. The van der Waals surface area contributed by atoms with Crippen LogP contribution in [-0.4, -0.2) is 19.4 Å². The molecule has 0 saturated heterocycles. The summed E-state index contributed by atoms with van der Waals surface area (Å²) in [6, 6.07) is 4.96. The van der Waals surface area contributed by atoms with Gasteiger partial charge in [0.15, 0.2) is 0 Å². The van der Waals surface area contributed by atoms with Crippen molar-refractivity contribution in [2.24, 2.45) is 0 Å². The minimum absolute atomic E-state index is 0.264. The van der Waals surface area contributed by atoms with Gasteiger partial charge in [-0.3, -0.25) is 5.32 Å². The van der Waals surface area contributed by atoms with Crippen molar-refractivity contribution in [1.29, 1.82) is 0 Å². The molecule has 0 fully saturated rings. The lowest BCUT2D eigenvalue weighted by Gasteiger charge is -2.07. The van der Waals surface area contributed by atoms with Crippen LogP contribution in [-0.2, 0) is 4.74 Å². The van der Waals surface area contributed by atoms with Crippen molar-refractivity contribution in [1.82, 2.24) is 0 Å². The highest BCUT2D eigenvalue weighted by Gasteiger charge is 2.06. The molecule has 0 heterocycles. The fourth-order valence-corrected chi connectivity index (χ4v) is 1.59. The zero-order valence-electron chi connectivity index (χ0n) is 7.60. The first kappa shape index (κ1) is 12.3. The number of ether oxygens (including phenoxy) is 1. The van der Waals surface area contributed by atoms with Crippen molar-refractivity contribution >= 4 is 39.3 Å². The molecule has 6 heteroatoms. The van der Waals surface area contributed by atoms with Crippen LogP contribution in [0.3, 0.4) is 0 Å². The van der Waals surface area contributed by atoms with E-state index in [0.717, 1.165) is 4.47 Å². The smallest absolute Gasteiger partial charge is 0.411 e. The number of carbonyl (C=O) groups is 1. The Morgan fingerprint density at radius 1 is 1.60 bits per heavy atom. The molecule has 0 saturated carbocycles. The van der Waals surface area contributed by atoms with Gasteiger partial charge in [0.2, 0.25) is 0 Å². The van der Waals surface area contributed by atoms with E-state index in [0.29, 0.717) is 10.7 Å². The molecule has 1 rings (SSSR count). The minimum atomic E-state index is -0.725. The van der Waals surface area contributed by atoms with E-state index >= 15 is 0 Å². The van der Waals surface area contributed by atoms with Crippen LogP contribution in [0, 0.1) is 0 Å². The molecule has 0 atom stereocenters. The van der Waals surface area contributed by atoms with Crippen LogP contribution in [0.4, 0.5) is 14.9 Å². The lowest BCUT2D eigenvalue weighted by Crippen LogP contribution is -2.15. The second kappa shape index (κ2) is 5.92. The number of rotatable bonds is 3. The summed E-state index contributed by atoms with van der Waals surface area (Å²) in [6.45, 7) is -0.971. The summed E-state index contributed by atoms with van der Waals surface area (Å²) >= 11 is 9.06. The Balaban J connectivity index is 2.60. The van der Waals surface area contributed by atoms with Gasteiger partial charge in [0.25, 0.3) is 0 Å². The summed E-state index contributed by atoms with van der Waals surface area (Å²) in [5.41, 5.74) is 0.420. The van der Waals surface area contributed by atoms with E-state index in [1.54, 1.807) is 18.2 Å². The average Bonchev–Trinajstić information content (AvgIpc) is 2.19. The number of nitrogens with one attached hydrogen (secondary N) is 1. The molecule has 0 aliphatic heterocycles. The van der Waals surface area contributed by atoms with Gasteiger partial charge in [-0.2, -0.15) is 0 Å². The summed E-state index contributed by atoms with van der Waals surface area (Å²) < 4.78 is 17.0. The van der Waals surface area contributed by atoms with Crippen LogP contribution in [0.25, 0.3) is 0 Å². The molecule has 0 unspecified atom stereocenters. The maximum absolute atomic E-state index is 11.7. The topological polar surface area (TPSA) is 38.3 Å². The number of anilines is 1. The molecule has 0 aromatic heterocycles. The average molecular weight is 297 g/mol. The van der Waals surface area contributed by atoms with Crippen LogP contribution in [0.5, 0.6) is 0 Å². The third-order valence-electron chi connectivity index (χ3n) is 1.48. The van der Waals surface area contributed by atoms with Gasteiger partial charge in [-0.25, -0.2) is 9.18 Å². The Morgan fingerprint density at radius 3 is 2.93 bits per heavy atom. The number of benzene rings is 1. The first-order valence-electron chi connectivity index (χ1n) is 4.08. The van der Waals surface area contributed by atoms with E-state index in [9.17, 15) is 9.18 Å². The highest BCUT2D eigenvalue weighted by atomic mass is 79.9. The molecule has 1 N–H and O–H groups in total. The maximum Gasteiger partial charge on any atom is 0.411 e. The van der Waals surface area contributed by atoms with Crippen molar-refractivity contribution in [2.45, 2.75) is 0 Å². The van der Waals surface area contributed by atoms with Gasteiger partial charge in [-0.15, -0.1) is 0 Å². The van der Waals surface area contributed by atoms with Gasteiger partial charge in [0, 0.05) is 4.47 Å². The second-order valence-electron chi connectivity index (χ2n) is 2.57. The maximum atomic E-state index is 11.7. The van der Waals surface area contributed by atoms with Crippen LogP contribution >= 0.6 is 27.5 Å². The van der Waals surface area contributed by atoms with Gasteiger partial charge in [-0.1, -0.05) is 27.5 Å². The van der Waals surface area contributed by atoms with E-state index in [-0.39, 0.29) is 6.61 Å². The molecule has 0 aliphatic carbocycles. The number of carbonyl (C=O) groups excluding carboxylic acids is 1.